The fourth-order valence-corrected chi connectivity index (χ4v) is 2.58. The van der Waals surface area contributed by atoms with Crippen molar-refractivity contribution in [1.82, 2.24) is 4.90 Å². The van der Waals surface area contributed by atoms with Crippen LogP contribution in [0.3, 0.4) is 0 Å². The van der Waals surface area contributed by atoms with Gasteiger partial charge in [0.05, 0.1) is 17.8 Å². The van der Waals surface area contributed by atoms with E-state index in [1.165, 1.54) is 6.07 Å². The van der Waals surface area contributed by atoms with Gasteiger partial charge in [-0.1, -0.05) is 29.8 Å². The Morgan fingerprint density at radius 3 is 2.59 bits per heavy atom. The zero-order valence-electron chi connectivity index (χ0n) is 14.9. The monoisotopic (exact) mass is 400 g/mol. The summed E-state index contributed by atoms with van der Waals surface area (Å²) in [6, 6.07) is 10.8. The van der Waals surface area contributed by atoms with Crippen LogP contribution in [-0.4, -0.2) is 37.6 Å². The summed E-state index contributed by atoms with van der Waals surface area (Å²) in [6.07, 6.45) is -4.61. The fraction of sp³-hybridized carbons (Fsp3) is 0.316. The molecule has 0 aliphatic carbocycles. The Bertz CT molecular complexity index is 797. The number of rotatable bonds is 7. The summed E-state index contributed by atoms with van der Waals surface area (Å²) in [5, 5.41) is 2.24. The van der Waals surface area contributed by atoms with Crippen molar-refractivity contribution in [3.8, 4) is 5.75 Å². The van der Waals surface area contributed by atoms with Crippen molar-refractivity contribution in [2.45, 2.75) is 13.1 Å². The summed E-state index contributed by atoms with van der Waals surface area (Å²) in [6.45, 7) is 2.64. The topological polar surface area (TPSA) is 41.6 Å². The zero-order valence-corrected chi connectivity index (χ0v) is 15.7. The van der Waals surface area contributed by atoms with E-state index < -0.39 is 17.6 Å². The largest absolute Gasteiger partial charge is 0.492 e. The molecule has 2 aromatic carbocycles. The first-order valence-electron chi connectivity index (χ1n) is 8.20. The highest BCUT2D eigenvalue weighted by Gasteiger charge is 2.34. The van der Waals surface area contributed by atoms with Crippen molar-refractivity contribution in [2.24, 2.45) is 0 Å². The van der Waals surface area contributed by atoms with E-state index in [2.05, 4.69) is 5.32 Å². The Kier molecular flexibility index (Phi) is 7.10. The summed E-state index contributed by atoms with van der Waals surface area (Å²) < 4.78 is 44.8. The van der Waals surface area contributed by atoms with Crippen LogP contribution >= 0.6 is 11.6 Å². The maximum absolute atomic E-state index is 13.1. The summed E-state index contributed by atoms with van der Waals surface area (Å²) in [4.78, 5) is 13.7. The lowest BCUT2D eigenvalue weighted by atomic mass is 10.1. The van der Waals surface area contributed by atoms with Crippen molar-refractivity contribution in [2.75, 3.05) is 32.1 Å². The number of benzene rings is 2. The number of amides is 1. The van der Waals surface area contributed by atoms with Gasteiger partial charge in [0.15, 0.2) is 0 Å². The number of anilines is 1. The molecule has 0 bridgehead atoms. The predicted octanol–water partition coefficient (Wildman–Crippen LogP) is 4.62. The van der Waals surface area contributed by atoms with Crippen LogP contribution in [0.25, 0.3) is 0 Å². The lowest BCUT2D eigenvalue weighted by Crippen LogP contribution is -2.33. The smallest absolute Gasteiger partial charge is 0.418 e. The second kappa shape index (κ2) is 9.10. The minimum Gasteiger partial charge on any atom is -0.492 e. The molecule has 146 valence electrons. The molecule has 8 heteroatoms. The van der Waals surface area contributed by atoms with E-state index in [1.807, 2.05) is 31.2 Å². The van der Waals surface area contributed by atoms with Gasteiger partial charge < -0.3 is 10.1 Å². The highest BCUT2D eigenvalue weighted by molar-refractivity contribution is 6.30. The van der Waals surface area contributed by atoms with E-state index in [-0.39, 0.29) is 17.3 Å². The molecule has 0 saturated heterocycles. The number of alkyl halides is 3. The standard InChI is InChI=1S/C19H20ClF3N2O2/c1-13-5-3-4-6-17(13)27-10-9-25(2)12-18(26)24-16-8-7-14(20)11-15(16)19(21,22)23/h3-8,11H,9-10,12H2,1-2H3,(H,24,26). The second-order valence-corrected chi connectivity index (χ2v) is 6.52. The van der Waals surface area contributed by atoms with E-state index in [0.717, 1.165) is 23.4 Å². The summed E-state index contributed by atoms with van der Waals surface area (Å²) in [5.41, 5.74) is -0.296. The molecule has 1 amide bonds. The Hall–Kier alpha value is -2.25. The second-order valence-electron chi connectivity index (χ2n) is 6.09. The Morgan fingerprint density at radius 2 is 1.93 bits per heavy atom. The zero-order chi connectivity index (χ0) is 20.0. The van der Waals surface area contributed by atoms with Crippen molar-refractivity contribution in [3.63, 3.8) is 0 Å². The van der Waals surface area contributed by atoms with Crippen LogP contribution in [0.5, 0.6) is 5.75 Å². The number of ether oxygens (including phenoxy) is 1. The number of nitrogens with one attached hydrogen (secondary N) is 1. The highest BCUT2D eigenvalue weighted by atomic mass is 35.5. The van der Waals surface area contributed by atoms with E-state index in [1.54, 1.807) is 11.9 Å². The molecule has 1 N–H and O–H groups in total. The molecule has 27 heavy (non-hydrogen) atoms. The molecule has 0 heterocycles. The lowest BCUT2D eigenvalue weighted by Gasteiger charge is -2.18. The highest BCUT2D eigenvalue weighted by Crippen LogP contribution is 2.36. The van der Waals surface area contributed by atoms with Crippen molar-refractivity contribution in [1.29, 1.82) is 0 Å². The molecule has 0 spiro atoms. The van der Waals surface area contributed by atoms with E-state index in [9.17, 15) is 18.0 Å². The first kappa shape index (κ1) is 21.1. The van der Waals surface area contributed by atoms with Crippen molar-refractivity contribution in [3.05, 3.63) is 58.6 Å². The van der Waals surface area contributed by atoms with Gasteiger partial charge in [0.1, 0.15) is 12.4 Å². The summed E-state index contributed by atoms with van der Waals surface area (Å²) in [5.74, 6) is 0.201. The third-order valence-electron chi connectivity index (χ3n) is 3.80. The van der Waals surface area contributed by atoms with E-state index in [4.69, 9.17) is 16.3 Å². The maximum Gasteiger partial charge on any atom is 0.418 e. The van der Waals surface area contributed by atoms with Gasteiger partial charge >= 0.3 is 6.18 Å². The molecule has 0 fully saturated rings. The maximum atomic E-state index is 13.1. The average molecular weight is 401 g/mol. The van der Waals surface area contributed by atoms with Crippen molar-refractivity contribution < 1.29 is 22.7 Å². The third kappa shape index (κ3) is 6.45. The average Bonchev–Trinajstić information content (AvgIpc) is 2.57. The fourth-order valence-electron chi connectivity index (χ4n) is 2.40. The van der Waals surface area contributed by atoms with Crippen LogP contribution in [0.15, 0.2) is 42.5 Å². The molecule has 2 rings (SSSR count). The molecule has 2 aromatic rings. The first-order chi connectivity index (χ1) is 12.7. The Morgan fingerprint density at radius 1 is 1.22 bits per heavy atom. The molecule has 0 saturated carbocycles. The van der Waals surface area contributed by atoms with Crippen LogP contribution in [0.2, 0.25) is 5.02 Å². The quantitative estimate of drug-likeness (QED) is 0.737. The normalized spacial score (nSPS) is 11.5. The number of halogens is 4. The van der Waals surface area contributed by atoms with Crippen LogP contribution in [-0.2, 0) is 11.0 Å². The van der Waals surface area contributed by atoms with Gasteiger partial charge in [-0.3, -0.25) is 9.69 Å². The van der Waals surface area contributed by atoms with Gasteiger partial charge in [-0.05, 0) is 43.8 Å². The number of hydrogen-bond donors (Lipinski definition) is 1. The predicted molar refractivity (Wildman–Crippen MR) is 99.3 cm³/mol. The number of carbonyl (C=O) groups excluding carboxylic acids is 1. The molecule has 0 aliphatic heterocycles. The molecular formula is C19H20ClF3N2O2. The number of para-hydroxylation sites is 1. The molecule has 0 aliphatic rings. The van der Waals surface area contributed by atoms with E-state index in [0.29, 0.717) is 13.2 Å². The number of likely N-dealkylation sites (N-methyl/N-ethyl adjacent to an activating group) is 1. The third-order valence-corrected chi connectivity index (χ3v) is 4.03. The van der Waals surface area contributed by atoms with Gasteiger partial charge in [-0.25, -0.2) is 0 Å². The van der Waals surface area contributed by atoms with Crippen molar-refractivity contribution >= 4 is 23.2 Å². The van der Waals surface area contributed by atoms with Gasteiger partial charge in [0, 0.05) is 11.6 Å². The lowest BCUT2D eigenvalue weighted by molar-refractivity contribution is -0.137. The minimum atomic E-state index is -4.61. The Labute approximate surface area is 160 Å². The molecule has 0 radical (unpaired) electrons. The molecular weight excluding hydrogens is 381 g/mol. The van der Waals surface area contributed by atoms with Crippen LogP contribution in [0, 0.1) is 6.92 Å². The number of hydrogen-bond acceptors (Lipinski definition) is 3. The Balaban J connectivity index is 1.88. The van der Waals surface area contributed by atoms with Crippen LogP contribution < -0.4 is 10.1 Å². The molecule has 4 nitrogen and oxygen atoms in total. The number of aryl methyl sites for hydroxylation is 1. The van der Waals surface area contributed by atoms with Gasteiger partial charge in [0.2, 0.25) is 5.91 Å². The minimum absolute atomic E-state index is 0.0502. The molecule has 0 atom stereocenters. The first-order valence-corrected chi connectivity index (χ1v) is 8.58. The summed E-state index contributed by atoms with van der Waals surface area (Å²) in [7, 11) is 1.69. The molecule has 0 aromatic heterocycles. The van der Waals surface area contributed by atoms with Gasteiger partial charge in [-0.15, -0.1) is 0 Å². The van der Waals surface area contributed by atoms with E-state index >= 15 is 0 Å². The SMILES string of the molecule is Cc1ccccc1OCCN(C)CC(=O)Nc1ccc(Cl)cc1C(F)(F)F. The number of carbonyl (C=O) groups is 1. The van der Waals surface area contributed by atoms with Gasteiger partial charge in [-0.2, -0.15) is 13.2 Å². The van der Waals surface area contributed by atoms with Crippen LogP contribution in [0.1, 0.15) is 11.1 Å². The summed E-state index contributed by atoms with van der Waals surface area (Å²) >= 11 is 5.63. The van der Waals surface area contributed by atoms with Crippen LogP contribution in [0.4, 0.5) is 18.9 Å². The number of nitrogens with zero attached hydrogens (tertiary/aromatic N) is 1. The molecule has 0 unspecified atom stereocenters. The van der Waals surface area contributed by atoms with Gasteiger partial charge in [0.25, 0.3) is 0 Å².